The number of nitrogens with one attached hydrogen (secondary N) is 2. The van der Waals surface area contributed by atoms with Crippen molar-refractivity contribution in [2.45, 2.75) is 4.90 Å². The molecule has 2 aromatic carbocycles. The molecular weight excluding hydrogens is 396 g/mol. The number of hydrogen-bond acceptors (Lipinski definition) is 7. The van der Waals surface area contributed by atoms with Crippen molar-refractivity contribution >= 4 is 27.4 Å². The van der Waals surface area contributed by atoms with Crippen LogP contribution in [0.1, 0.15) is 10.4 Å². The molecule has 1 aromatic heterocycles. The number of benzene rings is 2. The number of hydrogen-bond donors (Lipinski definition) is 2. The standard InChI is InChI=1S/C19H18N4O5S/c1-27-15-7-3-13(4-8-15)19(24)22-14-5-9-16(10-6-14)29(25,26)23-17-11-18(28-2)21-12-20-17/h3-12H,1-2H3,(H,22,24)(H,20,21,23). The molecule has 0 atom stereocenters. The minimum atomic E-state index is -3.87. The number of nitrogens with zero attached hydrogens (tertiary/aromatic N) is 2. The zero-order valence-electron chi connectivity index (χ0n) is 15.6. The highest BCUT2D eigenvalue weighted by atomic mass is 32.2. The maximum absolute atomic E-state index is 12.5. The summed E-state index contributed by atoms with van der Waals surface area (Å²) in [6.45, 7) is 0. The van der Waals surface area contributed by atoms with Gasteiger partial charge in [-0.3, -0.25) is 9.52 Å². The molecule has 3 rings (SSSR count). The molecule has 29 heavy (non-hydrogen) atoms. The molecule has 0 spiro atoms. The quantitative estimate of drug-likeness (QED) is 0.610. The van der Waals surface area contributed by atoms with E-state index in [1.807, 2.05) is 0 Å². The Morgan fingerprint density at radius 3 is 2.24 bits per heavy atom. The van der Waals surface area contributed by atoms with Gasteiger partial charge in [-0.2, -0.15) is 0 Å². The van der Waals surface area contributed by atoms with Crippen molar-refractivity contribution in [1.82, 2.24) is 9.97 Å². The van der Waals surface area contributed by atoms with Gasteiger partial charge in [0, 0.05) is 17.3 Å². The summed E-state index contributed by atoms with van der Waals surface area (Å²) in [5.41, 5.74) is 0.898. The molecule has 0 bridgehead atoms. The lowest BCUT2D eigenvalue weighted by molar-refractivity contribution is 0.102. The number of sulfonamides is 1. The van der Waals surface area contributed by atoms with E-state index in [0.29, 0.717) is 17.0 Å². The van der Waals surface area contributed by atoms with Crippen LogP contribution in [-0.2, 0) is 10.0 Å². The van der Waals surface area contributed by atoms with Crippen LogP contribution < -0.4 is 19.5 Å². The number of rotatable bonds is 7. The summed E-state index contributed by atoms with van der Waals surface area (Å²) < 4.78 is 37.4. The second kappa shape index (κ2) is 8.57. The second-order valence-corrected chi connectivity index (χ2v) is 7.44. The number of aromatic nitrogens is 2. The molecule has 0 radical (unpaired) electrons. The van der Waals surface area contributed by atoms with Crippen LogP contribution >= 0.6 is 0 Å². The summed E-state index contributed by atoms with van der Waals surface area (Å²) in [6, 6.07) is 13.7. The number of anilines is 2. The van der Waals surface area contributed by atoms with E-state index < -0.39 is 10.0 Å². The summed E-state index contributed by atoms with van der Waals surface area (Å²) in [6.07, 6.45) is 1.19. The van der Waals surface area contributed by atoms with Crippen LogP contribution in [0.15, 0.2) is 65.8 Å². The average Bonchev–Trinajstić information content (AvgIpc) is 2.74. The highest BCUT2D eigenvalue weighted by Gasteiger charge is 2.16. The first-order valence-electron chi connectivity index (χ1n) is 8.35. The third-order valence-corrected chi connectivity index (χ3v) is 5.24. The van der Waals surface area contributed by atoms with E-state index in [2.05, 4.69) is 20.0 Å². The van der Waals surface area contributed by atoms with E-state index in [1.54, 1.807) is 31.4 Å². The first-order valence-corrected chi connectivity index (χ1v) is 9.84. The third kappa shape index (κ3) is 4.99. The van der Waals surface area contributed by atoms with Gasteiger partial charge < -0.3 is 14.8 Å². The van der Waals surface area contributed by atoms with Crippen molar-refractivity contribution in [2.24, 2.45) is 0 Å². The lowest BCUT2D eigenvalue weighted by atomic mass is 10.2. The molecule has 2 N–H and O–H groups in total. The highest BCUT2D eigenvalue weighted by molar-refractivity contribution is 7.92. The number of ether oxygens (including phenoxy) is 2. The zero-order chi connectivity index (χ0) is 20.9. The third-order valence-electron chi connectivity index (χ3n) is 3.86. The van der Waals surface area contributed by atoms with Crippen LogP contribution in [-0.4, -0.2) is 38.5 Å². The van der Waals surface area contributed by atoms with Gasteiger partial charge in [-0.15, -0.1) is 0 Å². The zero-order valence-corrected chi connectivity index (χ0v) is 16.4. The van der Waals surface area contributed by atoms with Gasteiger partial charge >= 0.3 is 0 Å². The molecule has 3 aromatic rings. The van der Waals surface area contributed by atoms with Gasteiger partial charge in [0.25, 0.3) is 15.9 Å². The van der Waals surface area contributed by atoms with Crippen molar-refractivity contribution in [2.75, 3.05) is 24.3 Å². The monoisotopic (exact) mass is 414 g/mol. The highest BCUT2D eigenvalue weighted by Crippen LogP contribution is 2.19. The molecular formula is C19H18N4O5S. The first kappa shape index (κ1) is 20.1. The number of methoxy groups -OCH3 is 2. The Kier molecular flexibility index (Phi) is 5.93. The Bertz CT molecular complexity index is 1100. The van der Waals surface area contributed by atoms with Crippen LogP contribution in [0.3, 0.4) is 0 Å². The predicted octanol–water partition coefficient (Wildman–Crippen LogP) is 2.55. The van der Waals surface area contributed by atoms with Crippen molar-refractivity contribution in [3.8, 4) is 11.6 Å². The van der Waals surface area contributed by atoms with E-state index in [-0.39, 0.29) is 22.5 Å². The first-order chi connectivity index (χ1) is 13.9. The summed E-state index contributed by atoms with van der Waals surface area (Å²) >= 11 is 0. The van der Waals surface area contributed by atoms with E-state index >= 15 is 0 Å². The minimum absolute atomic E-state index is 0.0116. The van der Waals surface area contributed by atoms with Crippen LogP contribution in [0.4, 0.5) is 11.5 Å². The summed E-state index contributed by atoms with van der Waals surface area (Å²) in [7, 11) is -0.907. The van der Waals surface area contributed by atoms with Gasteiger partial charge in [0.1, 0.15) is 17.9 Å². The maximum Gasteiger partial charge on any atom is 0.263 e. The maximum atomic E-state index is 12.5. The van der Waals surface area contributed by atoms with Crippen molar-refractivity contribution in [3.63, 3.8) is 0 Å². The summed E-state index contributed by atoms with van der Waals surface area (Å²) in [5.74, 6) is 0.627. The number of amides is 1. The van der Waals surface area contributed by atoms with E-state index in [4.69, 9.17) is 9.47 Å². The number of carbonyl (C=O) groups excluding carboxylic acids is 1. The molecule has 0 saturated heterocycles. The Hall–Kier alpha value is -3.66. The topological polar surface area (TPSA) is 120 Å². The summed E-state index contributed by atoms with van der Waals surface area (Å²) in [5, 5.41) is 2.71. The molecule has 1 amide bonds. The Morgan fingerprint density at radius 1 is 0.931 bits per heavy atom. The molecule has 0 aliphatic rings. The predicted molar refractivity (Wildman–Crippen MR) is 107 cm³/mol. The minimum Gasteiger partial charge on any atom is -0.497 e. The fourth-order valence-electron chi connectivity index (χ4n) is 2.37. The molecule has 0 fully saturated rings. The SMILES string of the molecule is COc1ccc(C(=O)Nc2ccc(S(=O)(=O)Nc3cc(OC)ncn3)cc2)cc1. The fraction of sp³-hybridized carbons (Fsp3) is 0.105. The smallest absolute Gasteiger partial charge is 0.263 e. The van der Waals surface area contributed by atoms with Crippen LogP contribution in [0.25, 0.3) is 0 Å². The molecule has 0 saturated carbocycles. The van der Waals surface area contributed by atoms with Crippen molar-refractivity contribution in [1.29, 1.82) is 0 Å². The Balaban J connectivity index is 1.70. The molecule has 0 unspecified atom stereocenters. The molecule has 9 nitrogen and oxygen atoms in total. The largest absolute Gasteiger partial charge is 0.497 e. The van der Waals surface area contributed by atoms with Crippen molar-refractivity contribution < 1.29 is 22.7 Å². The van der Waals surface area contributed by atoms with E-state index in [0.717, 1.165) is 0 Å². The lowest BCUT2D eigenvalue weighted by Gasteiger charge is -2.09. The van der Waals surface area contributed by atoms with Crippen LogP contribution in [0.5, 0.6) is 11.6 Å². The summed E-state index contributed by atoms with van der Waals surface area (Å²) in [4.78, 5) is 20.0. The van der Waals surface area contributed by atoms with Crippen molar-refractivity contribution in [3.05, 3.63) is 66.5 Å². The van der Waals surface area contributed by atoms with Gasteiger partial charge in [0.2, 0.25) is 5.88 Å². The van der Waals surface area contributed by atoms with Gasteiger partial charge in [-0.05, 0) is 48.5 Å². The molecule has 10 heteroatoms. The van der Waals surface area contributed by atoms with Crippen LogP contribution in [0, 0.1) is 0 Å². The van der Waals surface area contributed by atoms with Gasteiger partial charge in [-0.1, -0.05) is 0 Å². The fourth-order valence-corrected chi connectivity index (χ4v) is 3.37. The Labute approximate surface area is 167 Å². The molecule has 150 valence electrons. The van der Waals surface area contributed by atoms with Gasteiger partial charge in [-0.25, -0.2) is 18.4 Å². The van der Waals surface area contributed by atoms with Gasteiger partial charge in [0.05, 0.1) is 19.1 Å². The normalized spacial score (nSPS) is 10.8. The molecule has 0 aliphatic carbocycles. The average molecular weight is 414 g/mol. The van der Waals surface area contributed by atoms with Crippen LogP contribution in [0.2, 0.25) is 0 Å². The van der Waals surface area contributed by atoms with E-state index in [1.165, 1.54) is 43.8 Å². The molecule has 1 heterocycles. The van der Waals surface area contributed by atoms with E-state index in [9.17, 15) is 13.2 Å². The molecule has 0 aliphatic heterocycles. The lowest BCUT2D eigenvalue weighted by Crippen LogP contribution is -2.15. The Morgan fingerprint density at radius 2 is 1.62 bits per heavy atom. The second-order valence-electron chi connectivity index (χ2n) is 5.76. The van der Waals surface area contributed by atoms with Gasteiger partial charge in [0.15, 0.2) is 0 Å². The number of carbonyl (C=O) groups is 1.